The molecular formula is C21H18N2O3. The lowest BCUT2D eigenvalue weighted by atomic mass is 10.0. The van der Waals surface area contributed by atoms with E-state index in [1.165, 1.54) is 4.68 Å². The molecule has 1 aromatic heterocycles. The highest BCUT2D eigenvalue weighted by atomic mass is 16.5. The maximum absolute atomic E-state index is 13.0. The van der Waals surface area contributed by atoms with E-state index < -0.39 is 0 Å². The van der Waals surface area contributed by atoms with E-state index in [0.717, 1.165) is 16.9 Å². The van der Waals surface area contributed by atoms with E-state index in [0.29, 0.717) is 22.5 Å². The minimum atomic E-state index is -0.231. The first-order valence-corrected chi connectivity index (χ1v) is 8.48. The molecule has 0 N–H and O–H groups in total. The summed E-state index contributed by atoms with van der Waals surface area (Å²) in [6, 6.07) is 14.7. The molecule has 5 heteroatoms. The number of carbonyl (C=O) groups excluding carboxylic acids is 2. The van der Waals surface area contributed by atoms with Gasteiger partial charge in [0.15, 0.2) is 5.78 Å². The minimum Gasteiger partial charge on any atom is -0.497 e. The zero-order valence-electron chi connectivity index (χ0n) is 14.8. The number of rotatable bonds is 3. The number of methoxy groups -OCH3 is 1. The first-order chi connectivity index (χ1) is 12.5. The first kappa shape index (κ1) is 16.3. The van der Waals surface area contributed by atoms with Crippen molar-refractivity contribution in [2.24, 2.45) is 5.92 Å². The van der Waals surface area contributed by atoms with E-state index in [1.54, 1.807) is 13.2 Å². The van der Waals surface area contributed by atoms with Crippen molar-refractivity contribution in [3.63, 3.8) is 0 Å². The summed E-state index contributed by atoms with van der Waals surface area (Å²) in [6.45, 7) is 3.65. The summed E-state index contributed by atoms with van der Waals surface area (Å²) in [4.78, 5) is 25.8. The van der Waals surface area contributed by atoms with Crippen LogP contribution in [0.2, 0.25) is 0 Å². The van der Waals surface area contributed by atoms with Crippen molar-refractivity contribution in [2.75, 3.05) is 7.11 Å². The third-order valence-electron chi connectivity index (χ3n) is 4.61. The lowest BCUT2D eigenvalue weighted by molar-refractivity contribution is 0.0841. The van der Waals surface area contributed by atoms with E-state index in [2.05, 4.69) is 5.10 Å². The fraction of sp³-hybridized carbons (Fsp3) is 0.190. The van der Waals surface area contributed by atoms with Crippen LogP contribution < -0.4 is 4.74 Å². The number of carbonyl (C=O) groups is 2. The predicted molar refractivity (Wildman–Crippen MR) is 98.5 cm³/mol. The minimum absolute atomic E-state index is 0.0933. The Morgan fingerprint density at radius 1 is 1.04 bits per heavy atom. The predicted octanol–water partition coefficient (Wildman–Crippen LogP) is 4.07. The van der Waals surface area contributed by atoms with Crippen molar-refractivity contribution < 1.29 is 14.3 Å². The number of hydrogen-bond acceptors (Lipinski definition) is 4. The molecule has 1 heterocycles. The molecule has 4 rings (SSSR count). The molecule has 3 aromatic rings. The lowest BCUT2D eigenvalue weighted by Crippen LogP contribution is -2.19. The van der Waals surface area contributed by atoms with Gasteiger partial charge in [-0.3, -0.25) is 9.59 Å². The highest BCUT2D eigenvalue weighted by molar-refractivity contribution is 6.24. The zero-order chi connectivity index (χ0) is 18.4. The van der Waals surface area contributed by atoms with Gasteiger partial charge in [-0.25, -0.2) is 0 Å². The summed E-state index contributed by atoms with van der Waals surface area (Å²) in [5.74, 6) is 0.262. The number of nitrogens with zero attached hydrogens (tertiary/aromatic N) is 2. The molecule has 0 unspecified atom stereocenters. The molecule has 2 aromatic carbocycles. The van der Waals surface area contributed by atoms with Crippen LogP contribution in [0.15, 0.2) is 48.5 Å². The standard InChI is InChI=1S/C21H18N2O3/c1-12(2)21(25)23-19-15-6-4-5-7-16(15)20(24)17(19)18(22-23)13-8-10-14(26-3)11-9-13/h4-12H,1-3H3. The number of fused-ring (bicyclic) bond motifs is 3. The second kappa shape index (κ2) is 5.95. The maximum atomic E-state index is 13.0. The largest absolute Gasteiger partial charge is 0.497 e. The molecule has 1 aliphatic carbocycles. The van der Waals surface area contributed by atoms with Crippen molar-refractivity contribution >= 4 is 11.7 Å². The van der Waals surface area contributed by atoms with Gasteiger partial charge in [-0.05, 0) is 24.3 Å². The molecule has 1 aliphatic rings. The van der Waals surface area contributed by atoms with Gasteiger partial charge in [0.25, 0.3) is 0 Å². The van der Waals surface area contributed by atoms with Gasteiger partial charge < -0.3 is 4.74 Å². The first-order valence-electron chi connectivity index (χ1n) is 8.48. The molecule has 5 nitrogen and oxygen atoms in total. The van der Waals surface area contributed by atoms with Gasteiger partial charge in [-0.2, -0.15) is 9.78 Å². The van der Waals surface area contributed by atoms with Gasteiger partial charge in [0.05, 0.1) is 18.4 Å². The Hall–Kier alpha value is -3.21. The Morgan fingerprint density at radius 2 is 1.69 bits per heavy atom. The third-order valence-corrected chi connectivity index (χ3v) is 4.61. The van der Waals surface area contributed by atoms with Crippen LogP contribution >= 0.6 is 0 Å². The molecule has 0 amide bonds. The molecule has 0 atom stereocenters. The second-order valence-electron chi connectivity index (χ2n) is 6.58. The summed E-state index contributed by atoms with van der Waals surface area (Å²) in [6.07, 6.45) is 0. The Bertz CT molecular complexity index is 1030. The number of aromatic nitrogens is 2. The van der Waals surface area contributed by atoms with E-state index in [1.807, 2.05) is 56.3 Å². The van der Waals surface area contributed by atoms with Crippen LogP contribution in [0.4, 0.5) is 0 Å². The molecule has 0 fully saturated rings. The second-order valence-corrected chi connectivity index (χ2v) is 6.58. The Kier molecular flexibility index (Phi) is 3.72. The lowest BCUT2D eigenvalue weighted by Gasteiger charge is -2.08. The quantitative estimate of drug-likeness (QED) is 0.561. The normalized spacial score (nSPS) is 12.2. The van der Waals surface area contributed by atoms with Crippen LogP contribution in [0, 0.1) is 5.92 Å². The van der Waals surface area contributed by atoms with Gasteiger partial charge >= 0.3 is 0 Å². The molecule has 26 heavy (non-hydrogen) atoms. The Balaban J connectivity index is 1.98. The number of ketones is 1. The van der Waals surface area contributed by atoms with Crippen molar-refractivity contribution in [1.29, 1.82) is 0 Å². The maximum Gasteiger partial charge on any atom is 0.250 e. The Labute approximate surface area is 151 Å². The molecule has 0 spiro atoms. The summed E-state index contributed by atoms with van der Waals surface area (Å²) < 4.78 is 6.59. The molecular weight excluding hydrogens is 328 g/mol. The van der Waals surface area contributed by atoms with Gasteiger partial charge in [-0.15, -0.1) is 0 Å². The summed E-state index contributed by atoms with van der Waals surface area (Å²) in [5, 5.41) is 4.53. The summed E-state index contributed by atoms with van der Waals surface area (Å²) in [7, 11) is 1.60. The fourth-order valence-electron chi connectivity index (χ4n) is 3.26. The van der Waals surface area contributed by atoms with Crippen LogP contribution in [0.1, 0.15) is 34.6 Å². The van der Waals surface area contributed by atoms with Gasteiger partial charge in [0, 0.05) is 22.6 Å². The van der Waals surface area contributed by atoms with Crippen molar-refractivity contribution in [3.8, 4) is 28.3 Å². The summed E-state index contributed by atoms with van der Waals surface area (Å²) >= 11 is 0. The molecule has 0 radical (unpaired) electrons. The van der Waals surface area contributed by atoms with Crippen LogP contribution in [0.3, 0.4) is 0 Å². The molecule has 130 valence electrons. The van der Waals surface area contributed by atoms with Crippen molar-refractivity contribution in [2.45, 2.75) is 13.8 Å². The summed E-state index contributed by atoms with van der Waals surface area (Å²) in [5.41, 5.74) is 3.76. The molecule has 0 aliphatic heterocycles. The smallest absolute Gasteiger partial charge is 0.250 e. The monoisotopic (exact) mass is 346 g/mol. The van der Waals surface area contributed by atoms with Crippen LogP contribution in [-0.4, -0.2) is 28.6 Å². The van der Waals surface area contributed by atoms with E-state index >= 15 is 0 Å². The number of hydrogen-bond donors (Lipinski definition) is 0. The third kappa shape index (κ3) is 2.28. The van der Waals surface area contributed by atoms with Crippen LogP contribution in [0.5, 0.6) is 5.75 Å². The average Bonchev–Trinajstić information content (AvgIpc) is 3.19. The topological polar surface area (TPSA) is 61.2 Å². The van der Waals surface area contributed by atoms with Crippen LogP contribution in [-0.2, 0) is 0 Å². The fourth-order valence-corrected chi connectivity index (χ4v) is 3.26. The molecule has 0 bridgehead atoms. The Morgan fingerprint density at radius 3 is 2.31 bits per heavy atom. The van der Waals surface area contributed by atoms with Crippen molar-refractivity contribution in [3.05, 3.63) is 59.7 Å². The highest BCUT2D eigenvalue weighted by Crippen LogP contribution is 2.42. The number of benzene rings is 2. The van der Waals surface area contributed by atoms with Gasteiger partial charge in [0.2, 0.25) is 5.91 Å². The SMILES string of the molecule is COc1ccc(-c2nn(C(=O)C(C)C)c3c2C(=O)c2ccccc2-3)cc1. The highest BCUT2D eigenvalue weighted by Gasteiger charge is 2.36. The zero-order valence-corrected chi connectivity index (χ0v) is 14.8. The number of ether oxygens (including phenoxy) is 1. The van der Waals surface area contributed by atoms with E-state index in [4.69, 9.17) is 4.74 Å². The van der Waals surface area contributed by atoms with Gasteiger partial charge in [-0.1, -0.05) is 38.1 Å². The molecule has 0 saturated carbocycles. The molecule has 0 saturated heterocycles. The average molecular weight is 346 g/mol. The van der Waals surface area contributed by atoms with Crippen molar-refractivity contribution in [1.82, 2.24) is 9.78 Å². The van der Waals surface area contributed by atoms with E-state index in [-0.39, 0.29) is 17.6 Å². The van der Waals surface area contributed by atoms with Crippen LogP contribution in [0.25, 0.3) is 22.5 Å². The van der Waals surface area contributed by atoms with E-state index in [9.17, 15) is 9.59 Å². The van der Waals surface area contributed by atoms with Gasteiger partial charge in [0.1, 0.15) is 11.4 Å².